The van der Waals surface area contributed by atoms with E-state index >= 15 is 0 Å². The SMILES string of the molecule is CCCNCc1ccc(Br)cc1Oc1cccc(Cl)c1F. The average Bonchev–Trinajstić information content (AvgIpc) is 2.46. The average molecular weight is 373 g/mol. The first-order valence-corrected chi connectivity index (χ1v) is 7.90. The van der Waals surface area contributed by atoms with Gasteiger partial charge in [0.2, 0.25) is 0 Å². The first-order chi connectivity index (χ1) is 10.1. The van der Waals surface area contributed by atoms with Gasteiger partial charge in [0, 0.05) is 16.6 Å². The second-order valence-electron chi connectivity index (χ2n) is 4.58. The topological polar surface area (TPSA) is 21.3 Å². The molecule has 2 nitrogen and oxygen atoms in total. The molecule has 2 rings (SSSR count). The summed E-state index contributed by atoms with van der Waals surface area (Å²) >= 11 is 9.18. The fourth-order valence-electron chi connectivity index (χ4n) is 1.85. The van der Waals surface area contributed by atoms with Crippen LogP contribution in [0.25, 0.3) is 0 Å². The molecule has 112 valence electrons. The molecule has 1 N–H and O–H groups in total. The van der Waals surface area contributed by atoms with Crippen LogP contribution in [-0.4, -0.2) is 6.54 Å². The van der Waals surface area contributed by atoms with Crippen molar-refractivity contribution in [1.29, 1.82) is 0 Å². The van der Waals surface area contributed by atoms with Crippen LogP contribution < -0.4 is 10.1 Å². The van der Waals surface area contributed by atoms with Gasteiger partial charge in [-0.3, -0.25) is 0 Å². The zero-order valence-corrected chi connectivity index (χ0v) is 14.0. The van der Waals surface area contributed by atoms with Crippen LogP contribution in [0.15, 0.2) is 40.9 Å². The molecule has 0 aliphatic heterocycles. The first-order valence-electron chi connectivity index (χ1n) is 6.73. The van der Waals surface area contributed by atoms with Crippen LogP contribution in [0.3, 0.4) is 0 Å². The Hall–Kier alpha value is -1.10. The third-order valence-electron chi connectivity index (χ3n) is 2.91. The smallest absolute Gasteiger partial charge is 0.184 e. The Morgan fingerprint density at radius 3 is 2.81 bits per heavy atom. The zero-order chi connectivity index (χ0) is 15.2. The number of halogens is 3. The van der Waals surface area contributed by atoms with E-state index in [0.717, 1.165) is 23.0 Å². The number of benzene rings is 2. The van der Waals surface area contributed by atoms with Crippen molar-refractivity contribution in [2.45, 2.75) is 19.9 Å². The van der Waals surface area contributed by atoms with Crippen molar-refractivity contribution in [2.75, 3.05) is 6.54 Å². The Morgan fingerprint density at radius 1 is 1.24 bits per heavy atom. The summed E-state index contributed by atoms with van der Waals surface area (Å²) in [4.78, 5) is 0. The highest BCUT2D eigenvalue weighted by Gasteiger charge is 2.11. The minimum absolute atomic E-state index is 0.0492. The molecule has 5 heteroatoms. The van der Waals surface area contributed by atoms with E-state index in [1.165, 1.54) is 6.07 Å². The quantitative estimate of drug-likeness (QED) is 0.673. The summed E-state index contributed by atoms with van der Waals surface area (Å²) in [5, 5.41) is 3.36. The molecule has 0 fully saturated rings. The maximum Gasteiger partial charge on any atom is 0.184 e. The second kappa shape index (κ2) is 7.78. The van der Waals surface area contributed by atoms with E-state index in [9.17, 15) is 4.39 Å². The van der Waals surface area contributed by atoms with E-state index in [1.807, 2.05) is 18.2 Å². The van der Waals surface area contributed by atoms with Crippen molar-refractivity contribution >= 4 is 27.5 Å². The highest BCUT2D eigenvalue weighted by molar-refractivity contribution is 9.10. The maximum absolute atomic E-state index is 13.9. The molecule has 0 aliphatic carbocycles. The molecule has 0 heterocycles. The van der Waals surface area contributed by atoms with Crippen LogP contribution in [0, 0.1) is 5.82 Å². The van der Waals surface area contributed by atoms with Gasteiger partial charge in [-0.2, -0.15) is 0 Å². The van der Waals surface area contributed by atoms with Crippen LogP contribution >= 0.6 is 27.5 Å². The molecule has 0 aliphatic rings. The molecule has 0 atom stereocenters. The highest BCUT2D eigenvalue weighted by Crippen LogP contribution is 2.32. The molecule has 0 aromatic heterocycles. The lowest BCUT2D eigenvalue weighted by Crippen LogP contribution is -2.14. The number of ether oxygens (including phenoxy) is 1. The number of rotatable bonds is 6. The fraction of sp³-hybridized carbons (Fsp3) is 0.250. The lowest BCUT2D eigenvalue weighted by atomic mass is 10.2. The van der Waals surface area contributed by atoms with Crippen molar-refractivity contribution in [3.8, 4) is 11.5 Å². The summed E-state index contributed by atoms with van der Waals surface area (Å²) in [6, 6.07) is 10.4. The predicted octanol–water partition coefficient (Wildman–Crippen LogP) is 5.53. The van der Waals surface area contributed by atoms with E-state index in [0.29, 0.717) is 12.3 Å². The van der Waals surface area contributed by atoms with E-state index in [-0.39, 0.29) is 10.8 Å². The Morgan fingerprint density at radius 2 is 2.05 bits per heavy atom. The maximum atomic E-state index is 13.9. The second-order valence-corrected chi connectivity index (χ2v) is 5.91. The van der Waals surface area contributed by atoms with Crippen molar-refractivity contribution in [2.24, 2.45) is 0 Å². The van der Waals surface area contributed by atoms with Gasteiger partial charge in [0.1, 0.15) is 5.75 Å². The molecular formula is C16H16BrClFNO. The van der Waals surface area contributed by atoms with Crippen molar-refractivity contribution in [3.05, 3.63) is 57.3 Å². The van der Waals surface area contributed by atoms with Crippen LogP contribution in [0.5, 0.6) is 11.5 Å². The lowest BCUT2D eigenvalue weighted by molar-refractivity contribution is 0.435. The normalized spacial score (nSPS) is 10.7. The van der Waals surface area contributed by atoms with Crippen LogP contribution in [-0.2, 0) is 6.54 Å². The van der Waals surface area contributed by atoms with Gasteiger partial charge in [-0.15, -0.1) is 0 Å². The van der Waals surface area contributed by atoms with Crippen molar-refractivity contribution < 1.29 is 9.13 Å². The monoisotopic (exact) mass is 371 g/mol. The number of hydrogen-bond donors (Lipinski definition) is 1. The van der Waals surface area contributed by atoms with Gasteiger partial charge in [-0.1, -0.05) is 46.6 Å². The van der Waals surface area contributed by atoms with Gasteiger partial charge < -0.3 is 10.1 Å². The third-order valence-corrected chi connectivity index (χ3v) is 3.69. The van der Waals surface area contributed by atoms with Gasteiger partial charge in [0.25, 0.3) is 0 Å². The minimum atomic E-state index is -0.549. The molecule has 21 heavy (non-hydrogen) atoms. The molecule has 0 unspecified atom stereocenters. The van der Waals surface area contributed by atoms with Crippen LogP contribution in [0.2, 0.25) is 5.02 Å². The number of hydrogen-bond acceptors (Lipinski definition) is 2. The van der Waals surface area contributed by atoms with Gasteiger partial charge in [0.15, 0.2) is 11.6 Å². The largest absolute Gasteiger partial charge is 0.454 e. The minimum Gasteiger partial charge on any atom is -0.454 e. The predicted molar refractivity (Wildman–Crippen MR) is 87.6 cm³/mol. The molecule has 0 saturated carbocycles. The van der Waals surface area contributed by atoms with Gasteiger partial charge in [0.05, 0.1) is 5.02 Å². The van der Waals surface area contributed by atoms with E-state index < -0.39 is 5.82 Å². The van der Waals surface area contributed by atoms with Crippen LogP contribution in [0.1, 0.15) is 18.9 Å². The van der Waals surface area contributed by atoms with Gasteiger partial charge >= 0.3 is 0 Å². The molecule has 2 aromatic rings. The third kappa shape index (κ3) is 4.43. The summed E-state index contributed by atoms with van der Waals surface area (Å²) < 4.78 is 20.5. The van der Waals surface area contributed by atoms with Crippen LogP contribution in [0.4, 0.5) is 4.39 Å². The summed E-state index contributed by atoms with van der Waals surface area (Å²) in [5.74, 6) is 0.179. The summed E-state index contributed by atoms with van der Waals surface area (Å²) in [6.07, 6.45) is 1.05. The highest BCUT2D eigenvalue weighted by atomic mass is 79.9. The molecule has 0 amide bonds. The Labute approximate surface area is 137 Å². The van der Waals surface area contributed by atoms with E-state index in [4.69, 9.17) is 16.3 Å². The Balaban J connectivity index is 2.25. The fourth-order valence-corrected chi connectivity index (χ4v) is 2.36. The molecule has 2 aromatic carbocycles. The molecule has 0 spiro atoms. The van der Waals surface area contributed by atoms with E-state index in [2.05, 4.69) is 28.2 Å². The van der Waals surface area contributed by atoms with Gasteiger partial charge in [-0.05, 0) is 37.2 Å². The summed E-state index contributed by atoms with van der Waals surface area (Å²) in [7, 11) is 0. The molecule has 0 radical (unpaired) electrons. The van der Waals surface area contributed by atoms with Crippen molar-refractivity contribution in [3.63, 3.8) is 0 Å². The Bertz CT molecular complexity index is 621. The standard InChI is InChI=1S/C16H16BrClFNO/c1-2-8-20-10-11-6-7-12(17)9-15(11)21-14-5-3-4-13(18)16(14)19/h3-7,9,20H,2,8,10H2,1H3. The first kappa shape index (κ1) is 16.3. The molecular weight excluding hydrogens is 357 g/mol. The molecule has 0 saturated heterocycles. The van der Waals surface area contributed by atoms with Gasteiger partial charge in [-0.25, -0.2) is 4.39 Å². The van der Waals surface area contributed by atoms with Crippen molar-refractivity contribution in [1.82, 2.24) is 5.32 Å². The molecule has 0 bridgehead atoms. The summed E-state index contributed by atoms with van der Waals surface area (Å²) in [6.45, 7) is 3.69. The number of nitrogens with one attached hydrogen (secondary N) is 1. The lowest BCUT2D eigenvalue weighted by Gasteiger charge is -2.13. The zero-order valence-electron chi connectivity index (χ0n) is 11.6. The summed E-state index contributed by atoms with van der Waals surface area (Å²) in [5.41, 5.74) is 0.964. The Kier molecular flexibility index (Phi) is 6.03. The van der Waals surface area contributed by atoms with E-state index in [1.54, 1.807) is 12.1 Å².